The van der Waals surface area contributed by atoms with E-state index in [-0.39, 0.29) is 0 Å². The van der Waals surface area contributed by atoms with Crippen LogP contribution < -0.4 is 0 Å². The molecule has 0 saturated carbocycles. The highest BCUT2D eigenvalue weighted by Gasteiger charge is 2.27. The molecule has 2 heterocycles. The van der Waals surface area contributed by atoms with Crippen molar-refractivity contribution in [3.05, 3.63) is 94.5 Å². The summed E-state index contributed by atoms with van der Waals surface area (Å²) < 4.78 is 2.07. The van der Waals surface area contributed by atoms with E-state index in [2.05, 4.69) is 93.0 Å². The summed E-state index contributed by atoms with van der Waals surface area (Å²) in [5.41, 5.74) is 13.6. The van der Waals surface area contributed by atoms with Gasteiger partial charge in [0.05, 0.1) is 5.69 Å². The fourth-order valence-corrected chi connectivity index (χ4v) is 6.20. The highest BCUT2D eigenvalue weighted by Crippen LogP contribution is 2.42. The molecule has 2 aromatic carbocycles. The van der Waals surface area contributed by atoms with Crippen LogP contribution in [-0.2, 0) is 25.9 Å². The molecule has 3 heteroatoms. The molecule has 2 aliphatic rings. The lowest BCUT2D eigenvalue weighted by atomic mass is 9.74. The van der Waals surface area contributed by atoms with Crippen LogP contribution in [0.5, 0.6) is 0 Å². The molecule has 0 saturated heterocycles. The van der Waals surface area contributed by atoms with Crippen molar-refractivity contribution < 1.29 is 0 Å². The quantitative estimate of drug-likeness (QED) is 0.344. The average Bonchev–Trinajstić information content (AvgIpc) is 3.50. The SMILES string of the molecule is C=C1c2cc(CN3C=CCC3)cc(-c3cn(CC)nc3C)c2CCC1Cc1ccc(C(C)C)c(C)c1. The molecular weight excluding hydrogens is 438 g/mol. The number of nitrogens with zero attached hydrogens (tertiary/aromatic N) is 3. The molecule has 0 radical (unpaired) electrons. The Labute approximate surface area is 217 Å². The number of aromatic nitrogens is 2. The van der Waals surface area contributed by atoms with Crippen LogP contribution in [0.4, 0.5) is 0 Å². The topological polar surface area (TPSA) is 21.1 Å². The first-order valence-corrected chi connectivity index (χ1v) is 13.7. The molecule has 1 aliphatic heterocycles. The molecule has 1 aliphatic carbocycles. The number of benzene rings is 2. The maximum Gasteiger partial charge on any atom is 0.0672 e. The van der Waals surface area contributed by atoms with Gasteiger partial charge in [-0.1, -0.05) is 44.7 Å². The van der Waals surface area contributed by atoms with E-state index in [1.807, 2.05) is 0 Å². The van der Waals surface area contributed by atoms with Gasteiger partial charge in [0, 0.05) is 31.4 Å². The lowest BCUT2D eigenvalue weighted by Crippen LogP contribution is -2.18. The molecule has 0 amide bonds. The number of aryl methyl sites for hydroxylation is 3. The van der Waals surface area contributed by atoms with Crippen LogP contribution in [0.25, 0.3) is 16.7 Å². The first-order chi connectivity index (χ1) is 17.3. The first-order valence-electron chi connectivity index (χ1n) is 13.7. The van der Waals surface area contributed by atoms with E-state index in [0.29, 0.717) is 11.8 Å². The van der Waals surface area contributed by atoms with Crippen LogP contribution in [0.2, 0.25) is 0 Å². The van der Waals surface area contributed by atoms with Crippen molar-refractivity contribution in [2.24, 2.45) is 5.92 Å². The zero-order valence-corrected chi connectivity index (χ0v) is 22.8. The monoisotopic (exact) mass is 479 g/mol. The summed E-state index contributed by atoms with van der Waals surface area (Å²) in [6, 6.07) is 11.9. The highest BCUT2D eigenvalue weighted by molar-refractivity contribution is 5.80. The predicted molar refractivity (Wildman–Crippen MR) is 152 cm³/mol. The number of allylic oxidation sites excluding steroid dienone is 1. The van der Waals surface area contributed by atoms with E-state index in [9.17, 15) is 0 Å². The lowest BCUT2D eigenvalue weighted by molar-refractivity contribution is 0.400. The van der Waals surface area contributed by atoms with Gasteiger partial charge in [0.1, 0.15) is 0 Å². The normalized spacial score (nSPS) is 17.3. The first kappa shape index (κ1) is 24.6. The number of hydrogen-bond acceptors (Lipinski definition) is 2. The van der Waals surface area contributed by atoms with Gasteiger partial charge in [-0.05, 0) is 121 Å². The van der Waals surface area contributed by atoms with Crippen LogP contribution in [0.15, 0.2) is 55.4 Å². The third kappa shape index (κ3) is 4.81. The summed E-state index contributed by atoms with van der Waals surface area (Å²) >= 11 is 0. The van der Waals surface area contributed by atoms with Crippen LogP contribution in [-0.4, -0.2) is 21.2 Å². The largest absolute Gasteiger partial charge is 0.373 e. The summed E-state index contributed by atoms with van der Waals surface area (Å²) in [6.45, 7) is 18.8. The van der Waals surface area contributed by atoms with Crippen LogP contribution >= 0.6 is 0 Å². The Morgan fingerprint density at radius 2 is 1.86 bits per heavy atom. The molecular formula is C33H41N3. The Morgan fingerprint density at radius 3 is 2.53 bits per heavy atom. The van der Waals surface area contributed by atoms with E-state index in [0.717, 1.165) is 51.0 Å². The van der Waals surface area contributed by atoms with Crippen molar-refractivity contribution in [2.75, 3.05) is 6.54 Å². The van der Waals surface area contributed by atoms with Gasteiger partial charge in [-0.25, -0.2) is 0 Å². The molecule has 0 fully saturated rings. The van der Waals surface area contributed by atoms with Crippen LogP contribution in [0.3, 0.4) is 0 Å². The van der Waals surface area contributed by atoms with Gasteiger partial charge >= 0.3 is 0 Å². The Hall–Kier alpha value is -3.07. The van der Waals surface area contributed by atoms with Crippen molar-refractivity contribution in [1.82, 2.24) is 14.7 Å². The lowest BCUT2D eigenvalue weighted by Gasteiger charge is -2.30. The fourth-order valence-electron chi connectivity index (χ4n) is 6.20. The van der Waals surface area contributed by atoms with Gasteiger partial charge in [-0.3, -0.25) is 4.68 Å². The predicted octanol–water partition coefficient (Wildman–Crippen LogP) is 7.85. The van der Waals surface area contributed by atoms with Crippen molar-refractivity contribution in [3.63, 3.8) is 0 Å². The average molecular weight is 480 g/mol. The Kier molecular flexibility index (Phi) is 6.92. The van der Waals surface area contributed by atoms with Crippen molar-refractivity contribution >= 4 is 5.57 Å². The maximum absolute atomic E-state index is 4.78. The second-order valence-corrected chi connectivity index (χ2v) is 11.1. The minimum Gasteiger partial charge on any atom is -0.373 e. The molecule has 5 rings (SSSR count). The Balaban J connectivity index is 1.50. The van der Waals surface area contributed by atoms with E-state index < -0.39 is 0 Å². The second-order valence-electron chi connectivity index (χ2n) is 11.1. The van der Waals surface area contributed by atoms with Gasteiger partial charge in [-0.2, -0.15) is 5.10 Å². The molecule has 0 spiro atoms. The van der Waals surface area contributed by atoms with Gasteiger partial charge in [0.15, 0.2) is 0 Å². The molecule has 1 atom stereocenters. The number of fused-ring (bicyclic) bond motifs is 1. The Bertz CT molecular complexity index is 1310. The summed E-state index contributed by atoms with van der Waals surface area (Å²) in [4.78, 5) is 2.43. The van der Waals surface area contributed by atoms with Crippen molar-refractivity contribution in [2.45, 2.75) is 79.3 Å². The zero-order chi connectivity index (χ0) is 25.4. The number of hydrogen-bond donors (Lipinski definition) is 0. The molecule has 1 aromatic heterocycles. The summed E-state index contributed by atoms with van der Waals surface area (Å²) in [5.74, 6) is 1.05. The molecule has 0 N–H and O–H groups in total. The van der Waals surface area contributed by atoms with E-state index >= 15 is 0 Å². The van der Waals surface area contributed by atoms with Gasteiger partial charge < -0.3 is 4.90 Å². The fraction of sp³-hybridized carbons (Fsp3) is 0.424. The minimum atomic E-state index is 0.482. The third-order valence-electron chi connectivity index (χ3n) is 8.17. The van der Waals surface area contributed by atoms with Gasteiger partial charge in [0.2, 0.25) is 0 Å². The van der Waals surface area contributed by atoms with E-state index in [1.165, 1.54) is 50.1 Å². The maximum atomic E-state index is 4.78. The highest BCUT2D eigenvalue weighted by atomic mass is 15.3. The molecule has 3 aromatic rings. The van der Waals surface area contributed by atoms with Crippen LogP contribution in [0, 0.1) is 19.8 Å². The Morgan fingerprint density at radius 1 is 1.06 bits per heavy atom. The molecule has 3 nitrogen and oxygen atoms in total. The van der Waals surface area contributed by atoms with Gasteiger partial charge in [-0.15, -0.1) is 0 Å². The minimum absolute atomic E-state index is 0.482. The molecule has 0 bridgehead atoms. The third-order valence-corrected chi connectivity index (χ3v) is 8.17. The molecule has 188 valence electrons. The summed E-state index contributed by atoms with van der Waals surface area (Å²) in [7, 11) is 0. The zero-order valence-electron chi connectivity index (χ0n) is 22.8. The summed E-state index contributed by atoms with van der Waals surface area (Å²) in [5, 5.41) is 4.78. The second kappa shape index (κ2) is 10.1. The van der Waals surface area contributed by atoms with E-state index in [4.69, 9.17) is 11.7 Å². The number of rotatable bonds is 7. The van der Waals surface area contributed by atoms with Crippen molar-refractivity contribution in [3.8, 4) is 11.1 Å². The molecule has 1 unspecified atom stereocenters. The van der Waals surface area contributed by atoms with Crippen molar-refractivity contribution in [1.29, 1.82) is 0 Å². The molecule has 36 heavy (non-hydrogen) atoms. The van der Waals surface area contributed by atoms with Crippen LogP contribution in [0.1, 0.15) is 78.6 Å². The van der Waals surface area contributed by atoms with E-state index in [1.54, 1.807) is 0 Å². The van der Waals surface area contributed by atoms with Gasteiger partial charge in [0.25, 0.3) is 0 Å². The summed E-state index contributed by atoms with van der Waals surface area (Å²) in [6.07, 6.45) is 11.2. The standard InChI is InChI=1S/C33H41N3/c1-7-36-21-33(25(6)34-36)32-19-27(20-35-14-8-9-15-35)18-31-24(5)28(11-13-30(31)32)17-26-10-12-29(22(2)3)23(4)16-26/h8,10,12,14,16,18-19,21-22,28H,5,7,9,11,13,15,17,20H2,1-4,6H3. The smallest absolute Gasteiger partial charge is 0.0672 e.